The van der Waals surface area contributed by atoms with E-state index in [1.165, 1.54) is 0 Å². The Balaban J connectivity index is 2.80. The Morgan fingerprint density at radius 1 is 1.50 bits per heavy atom. The van der Waals surface area contributed by atoms with Gasteiger partial charge < -0.3 is 10.5 Å². The highest BCUT2D eigenvalue weighted by molar-refractivity contribution is 9.10. The molecule has 0 saturated heterocycles. The molecule has 4 heteroatoms. The third kappa shape index (κ3) is 2.44. The van der Waals surface area contributed by atoms with Crippen molar-refractivity contribution in [1.82, 2.24) is 0 Å². The van der Waals surface area contributed by atoms with E-state index in [9.17, 15) is 0 Å². The number of nitriles is 1. The summed E-state index contributed by atoms with van der Waals surface area (Å²) in [5.74, 6) is 0.600. The molecule has 0 aromatic heterocycles. The topological polar surface area (TPSA) is 59.0 Å². The molecule has 0 heterocycles. The monoisotopic (exact) mass is 226 g/mol. The Hall–Kier alpha value is -1.21. The molecule has 0 fully saturated rings. The maximum absolute atomic E-state index is 8.25. The van der Waals surface area contributed by atoms with Gasteiger partial charge in [-0.05, 0) is 12.1 Å². The average Bonchev–Trinajstić information content (AvgIpc) is 1.99. The first-order valence-electron chi connectivity index (χ1n) is 3.28. The summed E-state index contributed by atoms with van der Waals surface area (Å²) < 4.78 is 5.89. The predicted octanol–water partition coefficient (Wildman–Crippen LogP) is 1.93. The molecule has 1 rings (SSSR count). The molecule has 0 aliphatic heterocycles. The zero-order valence-electron chi connectivity index (χ0n) is 6.25. The lowest BCUT2D eigenvalue weighted by atomic mass is 10.3. The summed E-state index contributed by atoms with van der Waals surface area (Å²) >= 11 is 3.26. The van der Waals surface area contributed by atoms with Gasteiger partial charge in [0.05, 0.1) is 0 Å². The van der Waals surface area contributed by atoms with Crippen molar-refractivity contribution in [3.8, 4) is 11.8 Å². The van der Waals surface area contributed by atoms with Crippen LogP contribution >= 0.6 is 15.9 Å². The fraction of sp³-hybridized carbons (Fsp3) is 0.125. The predicted molar refractivity (Wildman–Crippen MR) is 49.7 cm³/mol. The lowest BCUT2D eigenvalue weighted by Gasteiger charge is -2.02. The van der Waals surface area contributed by atoms with E-state index >= 15 is 0 Å². The number of rotatable bonds is 2. The van der Waals surface area contributed by atoms with Crippen LogP contribution in [0, 0.1) is 11.3 Å². The van der Waals surface area contributed by atoms with Gasteiger partial charge in [-0.15, -0.1) is 0 Å². The smallest absolute Gasteiger partial charge is 0.174 e. The molecule has 1 aromatic rings. The molecule has 0 saturated carbocycles. The number of ether oxygens (including phenoxy) is 1. The third-order valence-corrected chi connectivity index (χ3v) is 1.65. The van der Waals surface area contributed by atoms with Gasteiger partial charge in [-0.25, -0.2) is 0 Å². The Bertz CT molecular complexity index is 299. The van der Waals surface area contributed by atoms with Crippen LogP contribution in [0.5, 0.6) is 5.75 Å². The number of benzene rings is 1. The molecule has 12 heavy (non-hydrogen) atoms. The number of hydrogen-bond acceptors (Lipinski definition) is 3. The first-order valence-corrected chi connectivity index (χ1v) is 4.07. The molecule has 0 spiro atoms. The van der Waals surface area contributed by atoms with Crippen LogP contribution in [0.3, 0.4) is 0 Å². The first-order chi connectivity index (χ1) is 5.72. The van der Waals surface area contributed by atoms with Crippen LogP contribution in [0.15, 0.2) is 22.7 Å². The van der Waals surface area contributed by atoms with E-state index in [4.69, 9.17) is 15.7 Å². The second-order valence-electron chi connectivity index (χ2n) is 2.17. The molecule has 0 bridgehead atoms. The minimum Gasteiger partial charge on any atom is -0.479 e. The minimum absolute atomic E-state index is 0.0376. The van der Waals surface area contributed by atoms with Gasteiger partial charge in [-0.1, -0.05) is 15.9 Å². The van der Waals surface area contributed by atoms with Gasteiger partial charge in [0, 0.05) is 16.2 Å². The van der Waals surface area contributed by atoms with Crippen LogP contribution in [-0.2, 0) is 0 Å². The largest absolute Gasteiger partial charge is 0.479 e. The fourth-order valence-electron chi connectivity index (χ4n) is 0.783. The van der Waals surface area contributed by atoms with Crippen molar-refractivity contribution in [2.24, 2.45) is 0 Å². The van der Waals surface area contributed by atoms with E-state index in [1.54, 1.807) is 18.2 Å². The van der Waals surface area contributed by atoms with Crippen LogP contribution in [0.2, 0.25) is 0 Å². The normalized spacial score (nSPS) is 9.00. The minimum atomic E-state index is 0.0376. The summed E-state index contributed by atoms with van der Waals surface area (Å²) in [7, 11) is 0. The van der Waals surface area contributed by atoms with Crippen LogP contribution in [-0.4, -0.2) is 6.61 Å². The molecular formula is C8H7BrN2O. The highest BCUT2D eigenvalue weighted by Gasteiger charge is 1.96. The van der Waals surface area contributed by atoms with Gasteiger partial charge in [0.25, 0.3) is 0 Å². The van der Waals surface area contributed by atoms with Gasteiger partial charge in [0.1, 0.15) is 11.8 Å². The highest BCUT2D eigenvalue weighted by atomic mass is 79.9. The molecule has 0 unspecified atom stereocenters. The fourth-order valence-corrected chi connectivity index (χ4v) is 1.27. The Kier molecular flexibility index (Phi) is 2.94. The lowest BCUT2D eigenvalue weighted by Crippen LogP contribution is -1.94. The van der Waals surface area contributed by atoms with Crippen molar-refractivity contribution in [2.75, 3.05) is 12.3 Å². The number of anilines is 1. The number of nitrogens with zero attached hydrogens (tertiary/aromatic N) is 1. The van der Waals surface area contributed by atoms with E-state index in [2.05, 4.69) is 15.9 Å². The van der Waals surface area contributed by atoms with Gasteiger partial charge >= 0.3 is 0 Å². The third-order valence-electron chi connectivity index (χ3n) is 1.20. The second kappa shape index (κ2) is 3.98. The summed E-state index contributed by atoms with van der Waals surface area (Å²) in [6.07, 6.45) is 0. The van der Waals surface area contributed by atoms with Crippen molar-refractivity contribution in [2.45, 2.75) is 0 Å². The molecule has 0 aliphatic carbocycles. The summed E-state index contributed by atoms with van der Waals surface area (Å²) in [5.41, 5.74) is 6.15. The van der Waals surface area contributed by atoms with Crippen LogP contribution in [0.1, 0.15) is 0 Å². The number of nitrogens with two attached hydrogens (primary N) is 1. The summed E-state index contributed by atoms with van der Waals surface area (Å²) in [5, 5.41) is 8.25. The molecule has 3 nitrogen and oxygen atoms in total. The average molecular weight is 227 g/mol. The SMILES string of the molecule is N#CCOc1cc(N)cc(Br)c1. The quantitative estimate of drug-likeness (QED) is 0.785. The Labute approximate surface area is 78.9 Å². The van der Waals surface area contributed by atoms with E-state index in [1.807, 2.05) is 6.07 Å². The molecular weight excluding hydrogens is 220 g/mol. The molecule has 0 amide bonds. The Morgan fingerprint density at radius 2 is 2.25 bits per heavy atom. The molecule has 0 atom stereocenters. The maximum atomic E-state index is 8.25. The Morgan fingerprint density at radius 3 is 2.83 bits per heavy atom. The molecule has 1 aromatic carbocycles. The van der Waals surface area contributed by atoms with Crippen LogP contribution < -0.4 is 10.5 Å². The number of nitrogen functional groups attached to an aromatic ring is 1. The second-order valence-corrected chi connectivity index (χ2v) is 3.08. The maximum Gasteiger partial charge on any atom is 0.174 e. The van der Waals surface area contributed by atoms with Crippen LogP contribution in [0.4, 0.5) is 5.69 Å². The molecule has 0 radical (unpaired) electrons. The van der Waals surface area contributed by atoms with E-state index in [-0.39, 0.29) is 6.61 Å². The number of hydrogen-bond donors (Lipinski definition) is 1. The van der Waals surface area contributed by atoms with Crippen molar-refractivity contribution in [3.05, 3.63) is 22.7 Å². The van der Waals surface area contributed by atoms with E-state index in [0.717, 1.165) is 4.47 Å². The van der Waals surface area contributed by atoms with Gasteiger partial charge in [0.2, 0.25) is 0 Å². The molecule has 0 aliphatic rings. The van der Waals surface area contributed by atoms with Gasteiger partial charge in [-0.3, -0.25) is 0 Å². The van der Waals surface area contributed by atoms with E-state index in [0.29, 0.717) is 11.4 Å². The van der Waals surface area contributed by atoms with Crippen molar-refractivity contribution >= 4 is 21.6 Å². The van der Waals surface area contributed by atoms with Crippen molar-refractivity contribution in [3.63, 3.8) is 0 Å². The standard InChI is InChI=1S/C8H7BrN2O/c9-6-3-7(11)5-8(4-6)12-2-1-10/h3-5H,2,11H2. The van der Waals surface area contributed by atoms with Crippen molar-refractivity contribution in [1.29, 1.82) is 5.26 Å². The van der Waals surface area contributed by atoms with Gasteiger partial charge in [-0.2, -0.15) is 5.26 Å². The number of halogens is 1. The van der Waals surface area contributed by atoms with E-state index < -0.39 is 0 Å². The van der Waals surface area contributed by atoms with Gasteiger partial charge in [0.15, 0.2) is 6.61 Å². The van der Waals surface area contributed by atoms with Crippen LogP contribution in [0.25, 0.3) is 0 Å². The van der Waals surface area contributed by atoms with Crippen molar-refractivity contribution < 1.29 is 4.74 Å². The summed E-state index contributed by atoms with van der Waals surface area (Å²) in [6, 6.07) is 7.07. The highest BCUT2D eigenvalue weighted by Crippen LogP contribution is 2.22. The molecule has 2 N–H and O–H groups in total. The zero-order valence-corrected chi connectivity index (χ0v) is 7.84. The summed E-state index contributed by atoms with van der Waals surface area (Å²) in [4.78, 5) is 0. The zero-order chi connectivity index (χ0) is 8.97. The first kappa shape index (κ1) is 8.88. The lowest BCUT2D eigenvalue weighted by molar-refractivity contribution is 0.368. The summed E-state index contributed by atoms with van der Waals surface area (Å²) in [6.45, 7) is 0.0376. The molecule has 62 valence electrons.